The topological polar surface area (TPSA) is 133 Å². The maximum absolute atomic E-state index is 13.0. The van der Waals surface area contributed by atoms with Gasteiger partial charge in [0.15, 0.2) is 0 Å². The van der Waals surface area contributed by atoms with Crippen molar-refractivity contribution in [1.29, 1.82) is 0 Å². The van der Waals surface area contributed by atoms with Crippen LogP contribution in [0.25, 0.3) is 17.0 Å². The Kier molecular flexibility index (Phi) is 12.0. The summed E-state index contributed by atoms with van der Waals surface area (Å²) in [6.07, 6.45) is 5.93. The number of anilines is 1. The average molecular weight is 715 g/mol. The highest BCUT2D eigenvalue weighted by Crippen LogP contribution is 2.36. The third kappa shape index (κ3) is 8.93. The van der Waals surface area contributed by atoms with Gasteiger partial charge in [0.1, 0.15) is 35.9 Å². The molecule has 0 saturated carbocycles. The Balaban J connectivity index is 1.23. The number of aromatic nitrogens is 3. The fourth-order valence-electron chi connectivity index (χ4n) is 4.79. The number of ether oxygens (including phenoxy) is 3. The molecule has 256 valence electrons. The number of halogens is 2. The number of nitrogens with zero attached hydrogens (tertiary/aromatic N) is 4. The number of esters is 1. The molecule has 0 radical (unpaired) electrons. The number of aryl methyl sites for hydroxylation is 1. The second-order valence-corrected chi connectivity index (χ2v) is 11.7. The molecule has 5 rings (SSSR count). The molecule has 11 nitrogen and oxygen atoms in total. The number of carbonyl (C=O) groups excluding carboxylic acids is 3. The van der Waals surface area contributed by atoms with Crippen LogP contribution >= 0.6 is 23.2 Å². The van der Waals surface area contributed by atoms with Gasteiger partial charge < -0.3 is 24.4 Å². The van der Waals surface area contributed by atoms with Crippen LogP contribution in [0, 0.1) is 6.92 Å². The van der Waals surface area contributed by atoms with Gasteiger partial charge in [0, 0.05) is 53.2 Å². The number of para-hydroxylation sites is 1. The van der Waals surface area contributed by atoms with E-state index >= 15 is 0 Å². The number of hydrogen-bond donors (Lipinski definition) is 1. The zero-order valence-corrected chi connectivity index (χ0v) is 29.0. The van der Waals surface area contributed by atoms with Gasteiger partial charge in [-0.2, -0.15) is 0 Å². The Labute approximate surface area is 298 Å². The van der Waals surface area contributed by atoms with E-state index in [0.717, 1.165) is 16.8 Å². The number of likely N-dealkylation sites (N-methyl/N-ethyl adjacent to an activating group) is 1. The highest BCUT2D eigenvalue weighted by Gasteiger charge is 2.20. The van der Waals surface area contributed by atoms with Gasteiger partial charge in [0.2, 0.25) is 11.8 Å². The van der Waals surface area contributed by atoms with Crippen molar-refractivity contribution in [3.8, 4) is 11.5 Å². The highest BCUT2D eigenvalue weighted by atomic mass is 35.5. The van der Waals surface area contributed by atoms with E-state index < -0.39 is 17.8 Å². The molecule has 0 aliphatic heterocycles. The number of fused-ring (bicyclic) bond motifs is 1. The summed E-state index contributed by atoms with van der Waals surface area (Å²) in [7, 11) is 1.55. The minimum atomic E-state index is -0.529. The van der Waals surface area contributed by atoms with Crippen LogP contribution in [0.3, 0.4) is 0 Å². The van der Waals surface area contributed by atoms with E-state index in [2.05, 4.69) is 15.3 Å². The van der Waals surface area contributed by atoms with Gasteiger partial charge in [-0.3, -0.25) is 14.6 Å². The first-order valence-electron chi connectivity index (χ1n) is 15.5. The van der Waals surface area contributed by atoms with Gasteiger partial charge in [-0.25, -0.2) is 14.8 Å². The minimum absolute atomic E-state index is 0.0104. The fraction of sp³-hybridized carbons (Fsp3) is 0.189. The Morgan fingerprint density at radius 2 is 1.76 bits per heavy atom. The molecular formula is C37H33Cl2N5O6. The van der Waals surface area contributed by atoms with Crippen molar-refractivity contribution in [1.82, 2.24) is 20.3 Å². The van der Waals surface area contributed by atoms with E-state index in [-0.39, 0.29) is 30.5 Å². The largest absolute Gasteiger partial charge is 0.487 e. The third-order valence-electron chi connectivity index (χ3n) is 7.38. The molecule has 0 saturated heterocycles. The molecule has 5 aromatic rings. The molecule has 0 bridgehead atoms. The number of nitrogens with one attached hydrogen (secondary N) is 1. The van der Waals surface area contributed by atoms with E-state index in [1.165, 1.54) is 29.3 Å². The van der Waals surface area contributed by atoms with E-state index in [4.69, 9.17) is 42.4 Å². The number of amides is 2. The van der Waals surface area contributed by atoms with Crippen LogP contribution in [-0.2, 0) is 27.5 Å². The lowest BCUT2D eigenvalue weighted by molar-refractivity contribution is -0.122. The quantitative estimate of drug-likeness (QED) is 0.104. The molecule has 2 aromatic carbocycles. The number of hydrogen-bond acceptors (Lipinski definition) is 9. The summed E-state index contributed by atoms with van der Waals surface area (Å²) in [6, 6.07) is 19.4. The summed E-state index contributed by atoms with van der Waals surface area (Å²) in [6.45, 7) is 3.81. The molecular weight excluding hydrogens is 681 g/mol. The Bertz CT molecular complexity index is 2040. The van der Waals surface area contributed by atoms with E-state index in [9.17, 15) is 14.4 Å². The Morgan fingerprint density at radius 3 is 2.50 bits per heavy atom. The maximum atomic E-state index is 13.0. The molecule has 3 aromatic heterocycles. The fourth-order valence-corrected chi connectivity index (χ4v) is 5.39. The molecule has 0 unspecified atom stereocenters. The zero-order chi connectivity index (χ0) is 35.6. The van der Waals surface area contributed by atoms with Gasteiger partial charge in [-0.1, -0.05) is 41.4 Å². The van der Waals surface area contributed by atoms with Crippen molar-refractivity contribution in [2.45, 2.75) is 27.1 Å². The summed E-state index contributed by atoms with van der Waals surface area (Å²) in [4.78, 5) is 51.6. The van der Waals surface area contributed by atoms with E-state index in [0.29, 0.717) is 45.5 Å². The van der Waals surface area contributed by atoms with Crippen LogP contribution < -0.4 is 19.7 Å². The van der Waals surface area contributed by atoms with Crippen LogP contribution in [0.5, 0.6) is 11.5 Å². The Hall–Kier alpha value is -5.52. The first kappa shape index (κ1) is 35.8. The normalized spacial score (nSPS) is 11.0. The first-order valence-corrected chi connectivity index (χ1v) is 16.3. The average Bonchev–Trinajstić information content (AvgIpc) is 3.12. The van der Waals surface area contributed by atoms with Crippen molar-refractivity contribution in [3.63, 3.8) is 0 Å². The van der Waals surface area contributed by atoms with Gasteiger partial charge in [0.05, 0.1) is 29.6 Å². The molecule has 13 heteroatoms. The molecule has 0 atom stereocenters. The lowest BCUT2D eigenvalue weighted by atomic mass is 10.1. The first-order chi connectivity index (χ1) is 24.1. The highest BCUT2D eigenvalue weighted by molar-refractivity contribution is 6.38. The zero-order valence-electron chi connectivity index (χ0n) is 27.5. The number of carbonyl (C=O) groups is 3. The predicted molar refractivity (Wildman–Crippen MR) is 191 cm³/mol. The summed E-state index contributed by atoms with van der Waals surface area (Å²) >= 11 is 13.3. The standard InChI is InChI=1S/C37H33Cl2N5O6/c1-4-48-37(47)29-14-11-24(19-41-29)12-16-33(45)42-20-34(46)44(3)30-15-13-28(38)27(35(30)39)22-50-31-10-7-9-26-32(18-23(2)43-36(26)31)49-21-25-8-5-6-17-40-25/h5-19H,4,20-22H2,1-3H3,(H,42,45)/b16-12+. The van der Waals surface area contributed by atoms with Gasteiger partial charge in [-0.15, -0.1) is 0 Å². The monoisotopic (exact) mass is 713 g/mol. The van der Waals surface area contributed by atoms with Crippen molar-refractivity contribution in [2.24, 2.45) is 0 Å². The SMILES string of the molecule is CCOC(=O)c1ccc(/C=C/C(=O)NCC(=O)N(C)c2ccc(Cl)c(COc3cccc4c(OCc5ccccn5)cc(C)nc34)c2Cl)cn1. The number of pyridine rings is 3. The van der Waals surface area contributed by atoms with E-state index in [1.807, 2.05) is 43.3 Å². The summed E-state index contributed by atoms with van der Waals surface area (Å²) in [5.41, 5.74) is 3.74. The third-order valence-corrected chi connectivity index (χ3v) is 8.16. The summed E-state index contributed by atoms with van der Waals surface area (Å²) < 4.78 is 17.2. The van der Waals surface area contributed by atoms with Gasteiger partial charge >= 0.3 is 5.97 Å². The lowest BCUT2D eigenvalue weighted by Crippen LogP contribution is -2.37. The van der Waals surface area contributed by atoms with Crippen LogP contribution in [0.1, 0.15) is 39.9 Å². The molecule has 0 spiro atoms. The number of benzene rings is 2. The van der Waals surface area contributed by atoms with Crippen LogP contribution in [0.2, 0.25) is 10.0 Å². The molecule has 2 amide bonds. The van der Waals surface area contributed by atoms with Crippen LogP contribution in [0.4, 0.5) is 5.69 Å². The van der Waals surface area contributed by atoms with Crippen molar-refractivity contribution < 1.29 is 28.6 Å². The molecule has 1 N–H and O–H groups in total. The summed E-state index contributed by atoms with van der Waals surface area (Å²) in [5.74, 6) is -0.306. The lowest BCUT2D eigenvalue weighted by Gasteiger charge is -2.21. The second-order valence-electron chi connectivity index (χ2n) is 10.9. The molecule has 3 heterocycles. The van der Waals surface area contributed by atoms with Gasteiger partial charge in [0.25, 0.3) is 0 Å². The van der Waals surface area contributed by atoms with Crippen molar-refractivity contribution >= 4 is 63.7 Å². The van der Waals surface area contributed by atoms with Gasteiger partial charge in [-0.05, 0) is 68.0 Å². The molecule has 0 aliphatic rings. The molecule has 0 aliphatic carbocycles. The maximum Gasteiger partial charge on any atom is 0.356 e. The van der Waals surface area contributed by atoms with Crippen molar-refractivity contribution in [3.05, 3.63) is 123 Å². The Morgan fingerprint density at radius 1 is 0.940 bits per heavy atom. The minimum Gasteiger partial charge on any atom is -0.487 e. The van der Waals surface area contributed by atoms with E-state index in [1.54, 1.807) is 44.4 Å². The molecule has 50 heavy (non-hydrogen) atoms. The van der Waals surface area contributed by atoms with Crippen LogP contribution in [-0.4, -0.2) is 52.9 Å². The predicted octanol–water partition coefficient (Wildman–Crippen LogP) is 6.77. The van der Waals surface area contributed by atoms with Crippen molar-refractivity contribution in [2.75, 3.05) is 25.1 Å². The second kappa shape index (κ2) is 16.7. The smallest absolute Gasteiger partial charge is 0.356 e. The molecule has 0 fully saturated rings. The summed E-state index contributed by atoms with van der Waals surface area (Å²) in [5, 5.41) is 3.90. The van der Waals surface area contributed by atoms with Crippen LogP contribution in [0.15, 0.2) is 85.2 Å². The number of rotatable bonds is 13.